The molecule has 0 bridgehead atoms. The molecule has 1 aliphatic rings. The number of hydrogen-bond donors (Lipinski definition) is 2. The molecule has 1 aliphatic carbocycles. The molecule has 2 heterocycles. The van der Waals surface area contributed by atoms with Crippen LogP contribution in [0.4, 0.5) is 0 Å². The van der Waals surface area contributed by atoms with Gasteiger partial charge in [0.1, 0.15) is 17.2 Å². The third kappa shape index (κ3) is 5.59. The zero-order valence-corrected chi connectivity index (χ0v) is 22.2. The highest BCUT2D eigenvalue weighted by Crippen LogP contribution is 2.33. The van der Waals surface area contributed by atoms with E-state index in [-0.39, 0.29) is 24.0 Å². The molecule has 7 nitrogen and oxygen atoms in total. The number of aliphatic imine (C=N–C) groups is 1. The van der Waals surface area contributed by atoms with Gasteiger partial charge in [-0.3, -0.25) is 4.99 Å². The summed E-state index contributed by atoms with van der Waals surface area (Å²) in [5.41, 5.74) is 2.10. The molecule has 2 N–H and O–H groups in total. The van der Waals surface area contributed by atoms with Gasteiger partial charge >= 0.3 is 0 Å². The summed E-state index contributed by atoms with van der Waals surface area (Å²) in [5, 5.41) is 17.9. The molecule has 32 heavy (non-hydrogen) atoms. The van der Waals surface area contributed by atoms with Crippen LogP contribution in [0.5, 0.6) is 0 Å². The maximum Gasteiger partial charge on any atom is 0.191 e. The summed E-state index contributed by atoms with van der Waals surface area (Å²) in [7, 11) is 1.79. The van der Waals surface area contributed by atoms with Crippen LogP contribution in [0.15, 0.2) is 38.8 Å². The zero-order chi connectivity index (χ0) is 21.6. The fourth-order valence-electron chi connectivity index (χ4n) is 4.38. The first-order chi connectivity index (χ1) is 15.2. The minimum absolute atomic E-state index is 0. The Morgan fingerprint density at radius 3 is 2.72 bits per heavy atom. The second kappa shape index (κ2) is 11.9. The Balaban J connectivity index is 0.00000289. The van der Waals surface area contributed by atoms with Gasteiger partial charge in [0, 0.05) is 37.0 Å². The van der Waals surface area contributed by atoms with E-state index in [9.17, 15) is 0 Å². The number of nitrogens with one attached hydrogen (secondary N) is 2. The van der Waals surface area contributed by atoms with Gasteiger partial charge in [0.15, 0.2) is 11.1 Å². The molecule has 1 fully saturated rings. The van der Waals surface area contributed by atoms with Crippen molar-refractivity contribution in [3.63, 3.8) is 0 Å². The average Bonchev–Trinajstić information content (AvgIpc) is 3.52. The third-order valence-electron chi connectivity index (χ3n) is 6.06. The van der Waals surface area contributed by atoms with Crippen LogP contribution < -0.4 is 10.6 Å². The number of thioether (sulfide) groups is 1. The van der Waals surface area contributed by atoms with Crippen molar-refractivity contribution in [2.24, 2.45) is 4.99 Å². The van der Waals surface area contributed by atoms with E-state index in [0.717, 1.165) is 47.7 Å². The summed E-state index contributed by atoms with van der Waals surface area (Å²) in [5.74, 6) is 2.83. The number of aryl methyl sites for hydroxylation is 2. The van der Waals surface area contributed by atoms with Crippen LogP contribution in [0.25, 0.3) is 11.0 Å². The molecule has 1 saturated carbocycles. The molecular formula is C23H33IN6OS. The molecule has 0 spiro atoms. The van der Waals surface area contributed by atoms with Gasteiger partial charge in [-0.25, -0.2) is 0 Å². The van der Waals surface area contributed by atoms with Crippen LogP contribution in [0.2, 0.25) is 0 Å². The van der Waals surface area contributed by atoms with E-state index in [1.807, 2.05) is 18.2 Å². The monoisotopic (exact) mass is 568 g/mol. The SMILES string of the molecule is CN=C(NCCCc1nnc(SC)n1C1CCCC1)NCc1oc2ccccc2c1C.I. The Bertz CT molecular complexity index is 1040. The van der Waals surface area contributed by atoms with E-state index in [1.165, 1.54) is 36.6 Å². The number of hydrogen-bond acceptors (Lipinski definition) is 5. The van der Waals surface area contributed by atoms with Crippen molar-refractivity contribution < 1.29 is 4.42 Å². The van der Waals surface area contributed by atoms with Gasteiger partial charge in [-0.05, 0) is 38.5 Å². The molecule has 0 radical (unpaired) electrons. The van der Waals surface area contributed by atoms with Crippen molar-refractivity contribution in [1.29, 1.82) is 0 Å². The fourth-order valence-corrected chi connectivity index (χ4v) is 4.95. The highest BCUT2D eigenvalue weighted by molar-refractivity contribution is 14.0. The van der Waals surface area contributed by atoms with Gasteiger partial charge in [0.25, 0.3) is 0 Å². The van der Waals surface area contributed by atoms with Crippen molar-refractivity contribution in [3.8, 4) is 0 Å². The number of halogens is 1. The van der Waals surface area contributed by atoms with Crippen molar-refractivity contribution in [2.75, 3.05) is 19.8 Å². The summed E-state index contributed by atoms with van der Waals surface area (Å²) in [6.45, 7) is 3.53. The van der Waals surface area contributed by atoms with Crippen LogP contribution in [0, 0.1) is 6.92 Å². The van der Waals surface area contributed by atoms with Crippen LogP contribution in [0.3, 0.4) is 0 Å². The smallest absolute Gasteiger partial charge is 0.191 e. The lowest BCUT2D eigenvalue weighted by molar-refractivity contribution is 0.460. The number of benzene rings is 1. The van der Waals surface area contributed by atoms with Crippen LogP contribution in [0.1, 0.15) is 55.3 Å². The van der Waals surface area contributed by atoms with Gasteiger partial charge in [-0.15, -0.1) is 34.2 Å². The van der Waals surface area contributed by atoms with E-state index >= 15 is 0 Å². The molecule has 2 aromatic heterocycles. The summed E-state index contributed by atoms with van der Waals surface area (Å²) >= 11 is 1.69. The lowest BCUT2D eigenvalue weighted by Crippen LogP contribution is -2.37. The first-order valence-electron chi connectivity index (χ1n) is 11.1. The van der Waals surface area contributed by atoms with Gasteiger partial charge < -0.3 is 19.6 Å². The standard InChI is InChI=1S/C23H32N6OS.HI/c1-16-18-11-6-7-12-19(18)30-20(16)15-26-22(24-2)25-14-8-13-21-27-28-23(31-3)29(21)17-9-4-5-10-17;/h6-7,11-12,17H,4-5,8-10,13-15H2,1-3H3,(H2,24,25,26);1H. The van der Waals surface area contributed by atoms with Crippen LogP contribution >= 0.6 is 35.7 Å². The van der Waals surface area contributed by atoms with Gasteiger partial charge in [0.05, 0.1) is 6.54 Å². The first-order valence-corrected chi connectivity index (χ1v) is 12.3. The maximum absolute atomic E-state index is 5.99. The first kappa shape index (κ1) is 24.9. The number of fused-ring (bicyclic) bond motifs is 1. The summed E-state index contributed by atoms with van der Waals surface area (Å²) in [6.07, 6.45) is 9.08. The third-order valence-corrected chi connectivity index (χ3v) is 6.70. The molecule has 9 heteroatoms. The average molecular weight is 569 g/mol. The van der Waals surface area contributed by atoms with Gasteiger partial charge in [0.2, 0.25) is 0 Å². The van der Waals surface area contributed by atoms with E-state index in [4.69, 9.17) is 4.42 Å². The topological polar surface area (TPSA) is 80.3 Å². The molecule has 0 amide bonds. The largest absolute Gasteiger partial charge is 0.459 e. The predicted octanol–water partition coefficient (Wildman–Crippen LogP) is 5.09. The Hall–Kier alpha value is -1.75. The van der Waals surface area contributed by atoms with Gasteiger partial charge in [-0.1, -0.05) is 42.8 Å². The molecule has 174 valence electrons. The summed E-state index contributed by atoms with van der Waals surface area (Å²) in [6, 6.07) is 8.71. The molecular weight excluding hydrogens is 535 g/mol. The summed E-state index contributed by atoms with van der Waals surface area (Å²) < 4.78 is 8.37. The molecule has 1 aromatic carbocycles. The Labute approximate surface area is 211 Å². The fraction of sp³-hybridized carbons (Fsp3) is 0.522. The second-order valence-electron chi connectivity index (χ2n) is 8.01. The minimum Gasteiger partial charge on any atom is -0.459 e. The molecule has 0 aliphatic heterocycles. The van der Waals surface area contributed by atoms with E-state index in [2.05, 4.69) is 49.6 Å². The zero-order valence-electron chi connectivity index (χ0n) is 19.1. The Kier molecular flexibility index (Phi) is 9.27. The van der Waals surface area contributed by atoms with Crippen molar-refractivity contribution in [3.05, 3.63) is 41.4 Å². The molecule has 0 atom stereocenters. The number of rotatable bonds is 8. The van der Waals surface area contributed by atoms with Crippen molar-refractivity contribution in [2.45, 2.75) is 63.2 Å². The molecule has 4 rings (SSSR count). The molecule has 0 saturated heterocycles. The highest BCUT2D eigenvalue weighted by atomic mass is 127. The Morgan fingerprint density at radius 1 is 1.22 bits per heavy atom. The van der Waals surface area contributed by atoms with E-state index < -0.39 is 0 Å². The maximum atomic E-state index is 5.99. The summed E-state index contributed by atoms with van der Waals surface area (Å²) in [4.78, 5) is 4.35. The van der Waals surface area contributed by atoms with Crippen LogP contribution in [-0.2, 0) is 13.0 Å². The normalized spacial score (nSPS) is 14.7. The van der Waals surface area contributed by atoms with Crippen molar-refractivity contribution in [1.82, 2.24) is 25.4 Å². The van der Waals surface area contributed by atoms with Crippen LogP contribution in [-0.4, -0.2) is 40.6 Å². The molecule has 3 aromatic rings. The molecule has 0 unspecified atom stereocenters. The predicted molar refractivity (Wildman–Crippen MR) is 142 cm³/mol. The quantitative estimate of drug-likeness (QED) is 0.130. The lowest BCUT2D eigenvalue weighted by atomic mass is 10.1. The lowest BCUT2D eigenvalue weighted by Gasteiger charge is -2.16. The number of guanidine groups is 1. The highest BCUT2D eigenvalue weighted by Gasteiger charge is 2.23. The number of aromatic nitrogens is 3. The second-order valence-corrected chi connectivity index (χ2v) is 8.79. The number of nitrogens with zero attached hydrogens (tertiary/aromatic N) is 4. The Morgan fingerprint density at radius 2 is 2.00 bits per heavy atom. The number of para-hydroxylation sites is 1. The minimum atomic E-state index is 0. The van der Waals surface area contributed by atoms with Gasteiger partial charge in [-0.2, -0.15) is 0 Å². The van der Waals surface area contributed by atoms with Crippen molar-refractivity contribution >= 4 is 52.7 Å². The van der Waals surface area contributed by atoms with E-state index in [1.54, 1.807) is 18.8 Å². The van der Waals surface area contributed by atoms with E-state index in [0.29, 0.717) is 12.6 Å². The number of furan rings is 1.